The average molecular weight is 1540 g/mol. The number of carboxylic acids is 1. The number of carbonyl (C=O) groups excluding carboxylic acids is 10. The molecular formula is C72H117N15O18S2. The summed E-state index contributed by atoms with van der Waals surface area (Å²) in [5, 5.41) is 30.3. The predicted octanol–water partition coefficient (Wildman–Crippen LogP) is -0.684. The second-order valence-electron chi connectivity index (χ2n) is 25.9. The van der Waals surface area contributed by atoms with Gasteiger partial charge >= 0.3 is 5.97 Å². The number of rotatable bonds is 60. The lowest BCUT2D eigenvalue weighted by atomic mass is 10.0. The van der Waals surface area contributed by atoms with E-state index in [0.29, 0.717) is 174 Å². The molecule has 107 heavy (non-hydrogen) atoms. The van der Waals surface area contributed by atoms with Crippen molar-refractivity contribution in [1.82, 2.24) is 52.0 Å². The number of thioether (sulfide) groups is 2. The zero-order chi connectivity index (χ0) is 78.0. The summed E-state index contributed by atoms with van der Waals surface area (Å²) >= 11 is 2.56. The molecule has 3 heterocycles. The van der Waals surface area contributed by atoms with E-state index in [0.717, 1.165) is 5.56 Å². The van der Waals surface area contributed by atoms with Gasteiger partial charge < -0.3 is 103 Å². The number of carbonyl (C=O) groups is 11. The van der Waals surface area contributed by atoms with E-state index in [2.05, 4.69) is 47.2 Å². The SMILES string of the molecule is CCCC[C@H](NC(=O)CCOCCOCCOCCOCCOCCOCCNC(=O)C(CNCCN)CNCCN)C(=O)N=CC(CSCc1cncc(CSC[C@H](NC(=O)[C@H](Cc2ccccc2)NC(=O)[C@H](CCC(N)=O)NC(=O)[C@@H](C)CC)C(=O)O)c1)C(=O)N1CCC[C@H]1C(=O)N1CCC[C@H]1C(N)=O. The molecule has 2 aliphatic heterocycles. The van der Waals surface area contributed by atoms with Crippen molar-refractivity contribution in [2.24, 2.45) is 45.7 Å². The van der Waals surface area contributed by atoms with Gasteiger partial charge in [0.15, 0.2) is 0 Å². The van der Waals surface area contributed by atoms with E-state index < -0.39 is 101 Å². The molecule has 16 N–H and O–H groups in total. The van der Waals surface area contributed by atoms with Crippen LogP contribution in [0.15, 0.2) is 53.8 Å². The van der Waals surface area contributed by atoms with Gasteiger partial charge in [-0.3, -0.25) is 52.9 Å². The molecule has 2 fully saturated rings. The van der Waals surface area contributed by atoms with Crippen LogP contribution in [-0.2, 0) is 99.1 Å². The third kappa shape index (κ3) is 37.6. The molecule has 2 saturated heterocycles. The number of likely N-dealkylation sites (tertiary alicyclic amines) is 2. The lowest BCUT2D eigenvalue weighted by molar-refractivity contribution is -0.146. The highest BCUT2D eigenvalue weighted by Crippen LogP contribution is 2.28. The van der Waals surface area contributed by atoms with Crippen molar-refractivity contribution in [3.05, 3.63) is 65.5 Å². The number of aliphatic carboxylic acids is 1. The molecule has 2 aromatic rings. The van der Waals surface area contributed by atoms with Crippen LogP contribution in [0.1, 0.15) is 108 Å². The van der Waals surface area contributed by atoms with Crippen LogP contribution in [-0.4, -0.2) is 277 Å². The summed E-state index contributed by atoms with van der Waals surface area (Å²) in [6, 6.07) is 4.06. The number of aromatic nitrogens is 1. The van der Waals surface area contributed by atoms with E-state index in [-0.39, 0.29) is 93.5 Å². The summed E-state index contributed by atoms with van der Waals surface area (Å²) in [7, 11) is 0. The number of hydrogen-bond donors (Lipinski definition) is 12. The molecule has 10 amide bonds. The number of primary amides is 2. The lowest BCUT2D eigenvalue weighted by Gasteiger charge is -2.31. The van der Waals surface area contributed by atoms with E-state index in [1.807, 2.05) is 13.0 Å². The first-order chi connectivity index (χ1) is 51.7. The molecule has 35 heteroatoms. The van der Waals surface area contributed by atoms with Gasteiger partial charge in [0.05, 0.1) is 91.1 Å². The van der Waals surface area contributed by atoms with Gasteiger partial charge in [0, 0.05) is 126 Å². The Morgan fingerprint density at radius 1 is 0.617 bits per heavy atom. The highest BCUT2D eigenvalue weighted by molar-refractivity contribution is 7.98. The Bertz CT molecular complexity index is 3030. The number of aliphatic imine (C=N–C) groups is 1. The van der Waals surface area contributed by atoms with Gasteiger partial charge in [0.2, 0.25) is 53.2 Å². The zero-order valence-electron chi connectivity index (χ0n) is 62.4. The Balaban J connectivity index is 1.26. The van der Waals surface area contributed by atoms with Crippen molar-refractivity contribution in [3.63, 3.8) is 0 Å². The Morgan fingerprint density at radius 2 is 1.16 bits per heavy atom. The molecule has 0 aliphatic carbocycles. The minimum absolute atomic E-state index is 0.0283. The van der Waals surface area contributed by atoms with Crippen molar-refractivity contribution in [2.75, 3.05) is 150 Å². The molecule has 2 aliphatic rings. The van der Waals surface area contributed by atoms with E-state index in [1.54, 1.807) is 56.6 Å². The van der Waals surface area contributed by atoms with Crippen LogP contribution in [0.25, 0.3) is 0 Å². The normalized spacial score (nSPS) is 16.0. The molecule has 0 bridgehead atoms. The number of pyridine rings is 1. The van der Waals surface area contributed by atoms with Gasteiger partial charge in [-0.15, -0.1) is 0 Å². The van der Waals surface area contributed by atoms with Gasteiger partial charge in [0.25, 0.3) is 5.91 Å². The van der Waals surface area contributed by atoms with Crippen molar-refractivity contribution in [1.29, 1.82) is 0 Å². The summed E-state index contributed by atoms with van der Waals surface area (Å²) in [6.45, 7) is 13.4. The fourth-order valence-electron chi connectivity index (χ4n) is 11.3. The van der Waals surface area contributed by atoms with Gasteiger partial charge in [0.1, 0.15) is 36.3 Å². The fraction of sp³-hybridized carbons (Fsp3) is 0.681. The Hall–Kier alpha value is -7.29. The molecule has 8 atom stereocenters. The number of amides is 10. The number of benzene rings is 1. The Kier molecular flexibility index (Phi) is 47.5. The number of hydrogen-bond acceptors (Lipinski definition) is 24. The maximum atomic E-state index is 14.7. The zero-order valence-corrected chi connectivity index (χ0v) is 64.0. The van der Waals surface area contributed by atoms with E-state index >= 15 is 0 Å². The molecule has 0 saturated carbocycles. The van der Waals surface area contributed by atoms with Gasteiger partial charge in [-0.25, -0.2) is 9.79 Å². The van der Waals surface area contributed by atoms with Crippen LogP contribution in [0.4, 0.5) is 0 Å². The molecule has 0 radical (unpaired) electrons. The standard InChI is InChI=1S/C72H117N15O18S2/c1-4-6-14-56(82-63(89)19-27-100-29-31-102-33-35-104-37-38-105-36-34-103-32-30-101-28-24-80-66(92)54(43-77-22-20-73)44-78-23-21-74)67(93)81-45-55(70(96)87-26-11-16-61(87)71(97)86-25-10-15-60(86)64(76)90)48-106-46-52-39-53(42-79-41-52)47-107-49-59(72(98)99)85-69(95)58(40-51-12-8-7-9-13-51)84-68(94)57(17-18-62(75)88)83-65(91)50(3)5-2/h7-9,12-13,39,41-42,45,50,54-61,77-78H,4-6,10-11,14-38,40,43-44,46-49,73-74H2,1-3H3,(H2,75,88)(H2,76,90)(H,80,92)(H,82,89)(H,83,91)(H,84,94)(H,85,95)(H,98,99)/t50-,55?,56-,57-,58-,59-,60-,61-/m0/s1. The number of carboxylic acid groups (broad SMARTS) is 1. The fourth-order valence-corrected chi connectivity index (χ4v) is 13.3. The van der Waals surface area contributed by atoms with Crippen LogP contribution in [0.3, 0.4) is 0 Å². The highest BCUT2D eigenvalue weighted by Gasteiger charge is 2.43. The van der Waals surface area contributed by atoms with E-state index in [1.165, 1.54) is 39.5 Å². The average Bonchev–Trinajstić information content (AvgIpc) is 1.67. The van der Waals surface area contributed by atoms with Crippen LogP contribution in [0.5, 0.6) is 0 Å². The molecule has 600 valence electrons. The Labute approximate surface area is 636 Å². The molecule has 1 aromatic heterocycles. The van der Waals surface area contributed by atoms with Gasteiger partial charge in [-0.1, -0.05) is 70.0 Å². The third-order valence-electron chi connectivity index (χ3n) is 17.4. The molecule has 1 aromatic carbocycles. The number of nitrogens with one attached hydrogen (secondary N) is 7. The summed E-state index contributed by atoms with van der Waals surface area (Å²) in [5.74, 6) is -7.72. The van der Waals surface area contributed by atoms with Crippen LogP contribution in [0, 0.1) is 17.8 Å². The number of unbranched alkanes of at least 4 members (excludes halogenated alkanes) is 1. The van der Waals surface area contributed by atoms with Crippen molar-refractivity contribution >= 4 is 94.8 Å². The minimum atomic E-state index is -1.41. The van der Waals surface area contributed by atoms with E-state index in [4.69, 9.17) is 51.4 Å². The summed E-state index contributed by atoms with van der Waals surface area (Å²) < 4.78 is 33.5. The van der Waals surface area contributed by atoms with Gasteiger partial charge in [-0.05, 0) is 61.6 Å². The van der Waals surface area contributed by atoms with Crippen molar-refractivity contribution in [3.8, 4) is 0 Å². The third-order valence-corrected chi connectivity index (χ3v) is 19.6. The monoisotopic (exact) mass is 1540 g/mol. The lowest BCUT2D eigenvalue weighted by Crippen LogP contribution is -2.57. The quantitative estimate of drug-likeness (QED) is 0.0288. The second-order valence-corrected chi connectivity index (χ2v) is 28.0. The Morgan fingerprint density at radius 3 is 1.72 bits per heavy atom. The summed E-state index contributed by atoms with van der Waals surface area (Å²) in [4.78, 5) is 158. The molecule has 4 rings (SSSR count). The highest BCUT2D eigenvalue weighted by atomic mass is 32.2. The van der Waals surface area contributed by atoms with Crippen molar-refractivity contribution < 1.29 is 86.3 Å². The number of ether oxygens (including phenoxy) is 6. The molecular weight excluding hydrogens is 1430 g/mol. The van der Waals surface area contributed by atoms with Crippen LogP contribution in [0.2, 0.25) is 0 Å². The van der Waals surface area contributed by atoms with Crippen LogP contribution >= 0.6 is 23.5 Å². The summed E-state index contributed by atoms with van der Waals surface area (Å²) in [5.41, 5.74) is 24.3. The maximum absolute atomic E-state index is 14.7. The van der Waals surface area contributed by atoms with Crippen LogP contribution < -0.4 is 60.2 Å². The van der Waals surface area contributed by atoms with Gasteiger partial charge in [-0.2, -0.15) is 23.5 Å². The first-order valence-corrected chi connectivity index (χ1v) is 39.4. The molecule has 33 nitrogen and oxygen atoms in total. The number of nitrogens with zero attached hydrogens (tertiary/aromatic N) is 4. The minimum Gasteiger partial charge on any atom is -0.480 e. The van der Waals surface area contributed by atoms with Crippen molar-refractivity contribution in [2.45, 2.75) is 146 Å². The summed E-state index contributed by atoms with van der Waals surface area (Å²) in [6.07, 6.45) is 8.04. The maximum Gasteiger partial charge on any atom is 0.327 e. The molecule has 0 spiro atoms. The van der Waals surface area contributed by atoms with E-state index in [9.17, 15) is 57.8 Å². The largest absolute Gasteiger partial charge is 0.480 e. The molecule has 1 unspecified atom stereocenters. The first kappa shape index (κ1) is 92.1. The first-order valence-electron chi connectivity index (χ1n) is 37.1. The topological polar surface area (TPSA) is 483 Å². The predicted molar refractivity (Wildman–Crippen MR) is 405 cm³/mol. The second kappa shape index (κ2) is 55.2. The smallest absolute Gasteiger partial charge is 0.327 e. The number of nitrogens with two attached hydrogens (primary N) is 4.